The van der Waals surface area contributed by atoms with Gasteiger partial charge in [-0.25, -0.2) is 4.79 Å². The summed E-state index contributed by atoms with van der Waals surface area (Å²) >= 11 is 0. The molecule has 0 radical (unpaired) electrons. The predicted octanol–water partition coefficient (Wildman–Crippen LogP) is 1.32. The average molecular weight is 154 g/mol. The summed E-state index contributed by atoms with van der Waals surface area (Å²) in [4.78, 5) is 12.9. The van der Waals surface area contributed by atoms with Crippen LogP contribution in [0, 0.1) is 0 Å². The topological polar surface area (TPSA) is 32.3 Å². The Kier molecular flexibility index (Phi) is 2.17. The molecule has 3 nitrogen and oxygen atoms in total. The number of carbonyl (C=O) groups excluding carboxylic acids is 1. The molecule has 0 saturated carbocycles. The van der Waals surface area contributed by atoms with E-state index in [1.54, 1.807) is 4.90 Å². The highest BCUT2D eigenvalue weighted by atomic mass is 16.2. The Morgan fingerprint density at radius 2 is 2.27 bits per heavy atom. The van der Waals surface area contributed by atoms with Crippen LogP contribution < -0.4 is 5.32 Å². The minimum Gasteiger partial charge on any atom is -0.337 e. The van der Waals surface area contributed by atoms with Gasteiger partial charge in [-0.1, -0.05) is 6.58 Å². The normalized spacial score (nSPS) is 19.0. The molecule has 0 aliphatic carbocycles. The van der Waals surface area contributed by atoms with E-state index in [4.69, 9.17) is 0 Å². The summed E-state index contributed by atoms with van der Waals surface area (Å²) in [5.41, 5.74) is 0.920. The Morgan fingerprint density at radius 3 is 2.64 bits per heavy atom. The molecule has 3 heteroatoms. The van der Waals surface area contributed by atoms with E-state index in [0.717, 1.165) is 18.7 Å². The van der Waals surface area contributed by atoms with Gasteiger partial charge in [-0.3, -0.25) is 4.90 Å². The molecule has 11 heavy (non-hydrogen) atoms. The Hall–Kier alpha value is -0.990. The van der Waals surface area contributed by atoms with Crippen LogP contribution in [0.15, 0.2) is 12.3 Å². The Morgan fingerprint density at radius 1 is 1.64 bits per heavy atom. The molecule has 1 N–H and O–H groups in total. The zero-order valence-corrected chi connectivity index (χ0v) is 7.05. The van der Waals surface area contributed by atoms with Crippen molar-refractivity contribution in [2.75, 3.05) is 6.54 Å². The number of urea groups is 1. The van der Waals surface area contributed by atoms with Crippen molar-refractivity contribution in [3.05, 3.63) is 12.3 Å². The van der Waals surface area contributed by atoms with Crippen molar-refractivity contribution in [3.8, 4) is 0 Å². The summed E-state index contributed by atoms with van der Waals surface area (Å²) in [5.74, 6) is 0. The SMILES string of the molecule is C=C1CCNC(=O)N1C(C)C. The van der Waals surface area contributed by atoms with Gasteiger partial charge in [0.1, 0.15) is 0 Å². The molecule has 0 bridgehead atoms. The fraction of sp³-hybridized carbons (Fsp3) is 0.625. The van der Waals surface area contributed by atoms with Gasteiger partial charge in [0.2, 0.25) is 0 Å². The standard InChI is InChI=1S/C8H14N2O/c1-6(2)10-7(3)4-5-9-8(10)11/h6H,3-5H2,1-2H3,(H,9,11). The van der Waals surface area contributed by atoms with Crippen molar-refractivity contribution in [1.82, 2.24) is 10.2 Å². The van der Waals surface area contributed by atoms with Crippen LogP contribution in [0.5, 0.6) is 0 Å². The smallest absolute Gasteiger partial charge is 0.321 e. The van der Waals surface area contributed by atoms with Gasteiger partial charge >= 0.3 is 6.03 Å². The number of hydrogen-bond acceptors (Lipinski definition) is 1. The summed E-state index contributed by atoms with van der Waals surface area (Å²) in [6.45, 7) is 8.52. The van der Waals surface area contributed by atoms with Crippen molar-refractivity contribution < 1.29 is 4.79 Å². The maximum atomic E-state index is 11.2. The van der Waals surface area contributed by atoms with E-state index in [-0.39, 0.29) is 12.1 Å². The highest BCUT2D eigenvalue weighted by molar-refractivity contribution is 5.77. The second kappa shape index (κ2) is 2.95. The molecule has 0 atom stereocenters. The summed E-state index contributed by atoms with van der Waals surface area (Å²) in [6, 6.07) is 0.194. The molecule has 0 aromatic heterocycles. The van der Waals surface area contributed by atoms with E-state index in [1.165, 1.54) is 0 Å². The van der Waals surface area contributed by atoms with E-state index >= 15 is 0 Å². The molecule has 0 aromatic carbocycles. The van der Waals surface area contributed by atoms with Crippen molar-refractivity contribution >= 4 is 6.03 Å². The molecule has 0 aromatic rings. The second-order valence-corrected chi connectivity index (χ2v) is 3.01. The van der Waals surface area contributed by atoms with Gasteiger partial charge in [0, 0.05) is 24.7 Å². The molecule has 0 spiro atoms. The quantitative estimate of drug-likeness (QED) is 0.607. The number of carbonyl (C=O) groups is 1. The lowest BCUT2D eigenvalue weighted by Crippen LogP contribution is -2.47. The fourth-order valence-corrected chi connectivity index (χ4v) is 1.26. The first kappa shape index (κ1) is 8.11. The largest absolute Gasteiger partial charge is 0.337 e. The predicted molar refractivity (Wildman–Crippen MR) is 44.1 cm³/mol. The molecule has 62 valence electrons. The van der Waals surface area contributed by atoms with E-state index in [1.807, 2.05) is 13.8 Å². The van der Waals surface area contributed by atoms with E-state index in [0.29, 0.717) is 0 Å². The van der Waals surface area contributed by atoms with Gasteiger partial charge in [-0.2, -0.15) is 0 Å². The van der Waals surface area contributed by atoms with Crippen LogP contribution in [0.25, 0.3) is 0 Å². The van der Waals surface area contributed by atoms with Crippen molar-refractivity contribution in [3.63, 3.8) is 0 Å². The number of hydrogen-bond donors (Lipinski definition) is 1. The van der Waals surface area contributed by atoms with Gasteiger partial charge in [0.25, 0.3) is 0 Å². The lowest BCUT2D eigenvalue weighted by molar-refractivity contribution is 0.191. The van der Waals surface area contributed by atoms with Gasteiger partial charge in [0.05, 0.1) is 0 Å². The Balaban J connectivity index is 2.71. The van der Waals surface area contributed by atoms with Crippen molar-refractivity contribution in [1.29, 1.82) is 0 Å². The average Bonchev–Trinajstić information content (AvgIpc) is 1.85. The summed E-state index contributed by atoms with van der Waals surface area (Å²) in [6.07, 6.45) is 0.865. The maximum Gasteiger partial charge on any atom is 0.321 e. The summed E-state index contributed by atoms with van der Waals surface area (Å²) in [7, 11) is 0. The van der Waals surface area contributed by atoms with Crippen molar-refractivity contribution in [2.24, 2.45) is 0 Å². The number of rotatable bonds is 1. The van der Waals surface area contributed by atoms with Crippen molar-refractivity contribution in [2.45, 2.75) is 26.3 Å². The molecule has 2 amide bonds. The van der Waals surface area contributed by atoms with Crippen LogP contribution in [-0.4, -0.2) is 23.5 Å². The Bertz CT molecular complexity index is 171. The zero-order valence-electron chi connectivity index (χ0n) is 7.05. The minimum atomic E-state index is -0.0174. The van der Waals surface area contributed by atoms with E-state index < -0.39 is 0 Å². The van der Waals surface area contributed by atoms with Gasteiger partial charge in [-0.15, -0.1) is 0 Å². The molecule has 1 fully saturated rings. The third-order valence-corrected chi connectivity index (χ3v) is 1.77. The lowest BCUT2D eigenvalue weighted by atomic mass is 10.2. The molecule has 1 saturated heterocycles. The maximum absolute atomic E-state index is 11.2. The summed E-state index contributed by atoms with van der Waals surface area (Å²) < 4.78 is 0. The third kappa shape index (κ3) is 1.53. The zero-order chi connectivity index (χ0) is 8.43. The van der Waals surface area contributed by atoms with Gasteiger partial charge < -0.3 is 5.32 Å². The Labute approximate surface area is 67.1 Å². The summed E-state index contributed by atoms with van der Waals surface area (Å²) in [5, 5.41) is 2.77. The highest BCUT2D eigenvalue weighted by Gasteiger charge is 2.22. The van der Waals surface area contributed by atoms with Crippen LogP contribution >= 0.6 is 0 Å². The molecular formula is C8H14N2O. The minimum absolute atomic E-state index is 0.0174. The van der Waals surface area contributed by atoms with Crippen LogP contribution in [0.2, 0.25) is 0 Å². The highest BCUT2D eigenvalue weighted by Crippen LogP contribution is 2.14. The second-order valence-electron chi connectivity index (χ2n) is 3.01. The molecule has 1 rings (SSSR count). The van der Waals surface area contributed by atoms with E-state index in [2.05, 4.69) is 11.9 Å². The molecule has 1 heterocycles. The third-order valence-electron chi connectivity index (χ3n) is 1.77. The fourth-order valence-electron chi connectivity index (χ4n) is 1.26. The first-order chi connectivity index (χ1) is 5.13. The molecule has 1 aliphatic rings. The number of amides is 2. The number of nitrogens with one attached hydrogen (secondary N) is 1. The van der Waals surface area contributed by atoms with E-state index in [9.17, 15) is 4.79 Å². The van der Waals surface area contributed by atoms with Crippen LogP contribution in [0.1, 0.15) is 20.3 Å². The molecule has 0 unspecified atom stereocenters. The molecular weight excluding hydrogens is 140 g/mol. The number of nitrogens with zero attached hydrogens (tertiary/aromatic N) is 1. The van der Waals surface area contributed by atoms with Gasteiger partial charge in [0.15, 0.2) is 0 Å². The first-order valence-electron chi connectivity index (χ1n) is 3.87. The van der Waals surface area contributed by atoms with Crippen LogP contribution in [0.3, 0.4) is 0 Å². The first-order valence-corrected chi connectivity index (χ1v) is 3.87. The van der Waals surface area contributed by atoms with Crippen LogP contribution in [0.4, 0.5) is 4.79 Å². The molecule has 1 aliphatic heterocycles. The lowest BCUT2D eigenvalue weighted by Gasteiger charge is -2.32. The van der Waals surface area contributed by atoms with Crippen LogP contribution in [-0.2, 0) is 0 Å². The monoisotopic (exact) mass is 154 g/mol. The van der Waals surface area contributed by atoms with Gasteiger partial charge in [-0.05, 0) is 13.8 Å².